The zero-order valence-electron chi connectivity index (χ0n) is 17.2. The van der Waals surface area contributed by atoms with Crippen molar-refractivity contribution in [1.82, 2.24) is 4.90 Å². The summed E-state index contributed by atoms with van der Waals surface area (Å²) in [5, 5.41) is 17.1. The number of nitrogens with two attached hydrogens (primary N) is 1. The van der Waals surface area contributed by atoms with Crippen LogP contribution in [0.1, 0.15) is 59.2 Å². The molecule has 0 bridgehead atoms. The fourth-order valence-corrected chi connectivity index (χ4v) is 4.24. The van der Waals surface area contributed by atoms with Crippen LogP contribution in [0.2, 0.25) is 0 Å². The van der Waals surface area contributed by atoms with Crippen molar-refractivity contribution in [3.8, 4) is 0 Å². The lowest BCUT2D eigenvalue weighted by molar-refractivity contribution is -0.139. The van der Waals surface area contributed by atoms with Crippen LogP contribution in [0, 0.1) is 5.41 Å². The van der Waals surface area contributed by atoms with Crippen LogP contribution in [0.15, 0.2) is 48.5 Å². The molecule has 2 aromatic rings. The summed E-state index contributed by atoms with van der Waals surface area (Å²) in [6.07, 6.45) is 0.525. The van der Waals surface area contributed by atoms with Crippen LogP contribution < -0.4 is 5.73 Å². The van der Waals surface area contributed by atoms with E-state index in [-0.39, 0.29) is 24.1 Å². The van der Waals surface area contributed by atoms with Crippen molar-refractivity contribution in [1.29, 1.82) is 5.41 Å². The van der Waals surface area contributed by atoms with Gasteiger partial charge in [0.1, 0.15) is 12.1 Å². The smallest absolute Gasteiger partial charge is 0.305 e. The second-order valence-corrected chi connectivity index (χ2v) is 7.48. The topological polar surface area (TPSA) is 117 Å². The number of nitrogen functional groups attached to an aromatic ring is 1. The Hall–Kier alpha value is -3.19. The largest absolute Gasteiger partial charge is 0.481 e. The Morgan fingerprint density at radius 2 is 1.90 bits per heavy atom. The minimum Gasteiger partial charge on any atom is -0.481 e. The Morgan fingerprint density at radius 1 is 1.23 bits per heavy atom. The van der Waals surface area contributed by atoms with Gasteiger partial charge in [0.25, 0.3) is 5.91 Å². The van der Waals surface area contributed by atoms with E-state index >= 15 is 0 Å². The summed E-state index contributed by atoms with van der Waals surface area (Å²) >= 11 is 0. The number of nitrogens with one attached hydrogen (secondary N) is 1. The predicted octanol–water partition coefficient (Wildman–Crippen LogP) is 3.17. The second-order valence-electron chi connectivity index (χ2n) is 7.48. The van der Waals surface area contributed by atoms with Gasteiger partial charge in [0.05, 0.1) is 12.3 Å². The molecule has 7 nitrogen and oxygen atoms in total. The van der Waals surface area contributed by atoms with Gasteiger partial charge in [0, 0.05) is 24.3 Å². The van der Waals surface area contributed by atoms with Crippen molar-refractivity contribution in [2.24, 2.45) is 5.73 Å². The summed E-state index contributed by atoms with van der Waals surface area (Å²) in [7, 11) is 1.54. The van der Waals surface area contributed by atoms with Gasteiger partial charge in [-0.15, -0.1) is 0 Å². The van der Waals surface area contributed by atoms with Gasteiger partial charge in [-0.25, -0.2) is 0 Å². The van der Waals surface area contributed by atoms with Crippen LogP contribution >= 0.6 is 0 Å². The summed E-state index contributed by atoms with van der Waals surface area (Å²) in [5.74, 6) is -1.47. The number of carbonyl (C=O) groups is 2. The normalized spacial score (nSPS) is 19.3. The molecule has 0 aromatic heterocycles. The third-order valence-electron chi connectivity index (χ3n) is 5.57. The molecule has 1 heterocycles. The quantitative estimate of drug-likeness (QED) is 0.457. The van der Waals surface area contributed by atoms with E-state index in [2.05, 4.69) is 0 Å². The molecule has 3 atom stereocenters. The third kappa shape index (κ3) is 4.07. The first-order valence-electron chi connectivity index (χ1n) is 9.99. The van der Waals surface area contributed by atoms with Crippen molar-refractivity contribution in [2.75, 3.05) is 7.11 Å². The Labute approximate surface area is 176 Å². The molecule has 0 aliphatic carbocycles. The third-order valence-corrected chi connectivity index (χ3v) is 5.57. The molecule has 0 spiro atoms. The lowest BCUT2D eigenvalue weighted by Crippen LogP contribution is -2.54. The number of carboxylic acids is 1. The van der Waals surface area contributed by atoms with Crippen LogP contribution in [-0.2, 0) is 9.53 Å². The summed E-state index contributed by atoms with van der Waals surface area (Å²) in [5.41, 5.74) is 8.49. The first-order valence-corrected chi connectivity index (χ1v) is 9.99. The number of aliphatic carboxylic acids is 1. The molecular formula is C23H27N3O4. The first-order chi connectivity index (χ1) is 14.4. The van der Waals surface area contributed by atoms with Gasteiger partial charge in [-0.2, -0.15) is 0 Å². The minimum atomic E-state index is -0.947. The number of carbonyl (C=O) groups excluding carboxylic acids is 1. The second kappa shape index (κ2) is 9.09. The van der Waals surface area contributed by atoms with Crippen LogP contribution in [-0.4, -0.2) is 47.1 Å². The zero-order chi connectivity index (χ0) is 21.8. The Kier molecular flexibility index (Phi) is 6.52. The van der Waals surface area contributed by atoms with Gasteiger partial charge in [-0.3, -0.25) is 15.0 Å². The average Bonchev–Trinajstić information content (AvgIpc) is 2.73. The van der Waals surface area contributed by atoms with Crippen molar-refractivity contribution in [3.63, 3.8) is 0 Å². The minimum absolute atomic E-state index is 0.0184. The number of fused-ring (bicyclic) bond motifs is 1. The molecule has 0 saturated carbocycles. The van der Waals surface area contributed by atoms with Crippen LogP contribution in [0.5, 0.6) is 0 Å². The summed E-state index contributed by atoms with van der Waals surface area (Å²) in [6.45, 7) is 1.97. The van der Waals surface area contributed by atoms with Gasteiger partial charge < -0.3 is 20.5 Å². The molecule has 0 radical (unpaired) electrons. The molecule has 2 aromatic carbocycles. The maximum Gasteiger partial charge on any atom is 0.305 e. The number of methoxy groups -OCH3 is 1. The van der Waals surface area contributed by atoms with Gasteiger partial charge in [-0.05, 0) is 23.6 Å². The molecule has 0 saturated heterocycles. The Morgan fingerprint density at radius 3 is 2.47 bits per heavy atom. The molecule has 1 aliphatic heterocycles. The standard InChI is InChI=1S/C23H27N3O4/c1-3-6-16(13-19(27)28)26-22(29)18-8-5-4-7-17(18)20(23(26)30-2)14-9-11-15(12-10-14)21(24)25/h4-5,7-12,16,20,23H,3,6,13H2,1-2H3,(H3,24,25)(H,27,28). The van der Waals surface area contributed by atoms with E-state index in [1.807, 2.05) is 37.3 Å². The molecule has 1 amide bonds. The number of rotatable bonds is 8. The van der Waals surface area contributed by atoms with E-state index in [1.165, 1.54) is 0 Å². The molecule has 3 rings (SSSR count). The molecule has 1 aliphatic rings. The maximum atomic E-state index is 13.4. The molecule has 158 valence electrons. The highest BCUT2D eigenvalue weighted by Gasteiger charge is 2.43. The zero-order valence-corrected chi connectivity index (χ0v) is 17.2. The van der Waals surface area contributed by atoms with E-state index < -0.39 is 18.2 Å². The molecule has 4 N–H and O–H groups in total. The number of nitrogens with zero attached hydrogens (tertiary/aromatic N) is 1. The first kappa shape index (κ1) is 21.5. The van der Waals surface area contributed by atoms with Crippen molar-refractivity contribution >= 4 is 17.7 Å². The van der Waals surface area contributed by atoms with E-state index in [0.29, 0.717) is 17.5 Å². The number of amidine groups is 1. The summed E-state index contributed by atoms with van der Waals surface area (Å²) in [4.78, 5) is 26.5. The van der Waals surface area contributed by atoms with Gasteiger partial charge >= 0.3 is 5.97 Å². The van der Waals surface area contributed by atoms with Gasteiger partial charge in [-0.1, -0.05) is 55.8 Å². The highest BCUT2D eigenvalue weighted by molar-refractivity contribution is 5.98. The lowest BCUT2D eigenvalue weighted by atomic mass is 9.81. The molecule has 7 heteroatoms. The monoisotopic (exact) mass is 409 g/mol. The SMILES string of the molecule is CCCC(CC(=O)O)N1C(=O)c2ccccc2C(c2ccc(C(=N)N)cc2)C1OC. The number of benzene rings is 2. The molecular weight excluding hydrogens is 382 g/mol. The highest BCUT2D eigenvalue weighted by atomic mass is 16.5. The van der Waals surface area contributed by atoms with Crippen molar-refractivity contribution < 1.29 is 19.4 Å². The van der Waals surface area contributed by atoms with E-state index in [1.54, 1.807) is 30.2 Å². The summed E-state index contributed by atoms with van der Waals surface area (Å²) < 4.78 is 5.83. The van der Waals surface area contributed by atoms with E-state index in [4.69, 9.17) is 15.9 Å². The summed E-state index contributed by atoms with van der Waals surface area (Å²) in [6, 6.07) is 14.2. The lowest BCUT2D eigenvalue weighted by Gasteiger charge is -2.45. The number of hydrogen-bond donors (Lipinski definition) is 3. The van der Waals surface area contributed by atoms with Crippen molar-refractivity contribution in [3.05, 3.63) is 70.8 Å². The van der Waals surface area contributed by atoms with E-state index in [9.17, 15) is 14.7 Å². The number of amides is 1. The maximum absolute atomic E-state index is 13.4. The average molecular weight is 409 g/mol. The Balaban J connectivity index is 2.14. The van der Waals surface area contributed by atoms with Crippen molar-refractivity contribution in [2.45, 2.75) is 44.4 Å². The molecule has 30 heavy (non-hydrogen) atoms. The van der Waals surface area contributed by atoms with Gasteiger partial charge in [0.15, 0.2) is 0 Å². The molecule has 3 unspecified atom stereocenters. The number of carboxylic acid groups (broad SMARTS) is 1. The predicted molar refractivity (Wildman–Crippen MR) is 114 cm³/mol. The fourth-order valence-electron chi connectivity index (χ4n) is 4.24. The van der Waals surface area contributed by atoms with Crippen LogP contribution in [0.25, 0.3) is 0 Å². The van der Waals surface area contributed by atoms with Gasteiger partial charge in [0.2, 0.25) is 0 Å². The van der Waals surface area contributed by atoms with E-state index in [0.717, 1.165) is 17.5 Å². The fraction of sp³-hybridized carbons (Fsp3) is 0.348. The van der Waals surface area contributed by atoms with Crippen LogP contribution in [0.3, 0.4) is 0 Å². The Bertz CT molecular complexity index is 942. The highest BCUT2D eigenvalue weighted by Crippen LogP contribution is 2.40. The number of hydrogen-bond acceptors (Lipinski definition) is 4. The van der Waals surface area contributed by atoms with Crippen LogP contribution in [0.4, 0.5) is 0 Å². The number of ether oxygens (including phenoxy) is 1. The molecule has 0 fully saturated rings.